The molecule has 1 aliphatic carbocycles. The van der Waals surface area contributed by atoms with E-state index in [2.05, 4.69) is 4.74 Å². The topological polar surface area (TPSA) is 66.8 Å². The lowest BCUT2D eigenvalue weighted by Crippen LogP contribution is -2.25. The van der Waals surface area contributed by atoms with E-state index in [0.29, 0.717) is 12.0 Å². The summed E-state index contributed by atoms with van der Waals surface area (Å²) in [5.41, 5.74) is 0.351. The minimum atomic E-state index is -0.733. The van der Waals surface area contributed by atoms with E-state index in [1.807, 2.05) is 0 Å². The summed E-state index contributed by atoms with van der Waals surface area (Å²) in [6, 6.07) is 0. The molecule has 0 fully saturated rings. The molecule has 4 heteroatoms. The Balaban J connectivity index is 2.69. The number of ether oxygens (including phenoxy) is 1. The van der Waals surface area contributed by atoms with Crippen molar-refractivity contribution in [2.24, 2.45) is 0 Å². The van der Waals surface area contributed by atoms with E-state index in [0.717, 1.165) is 0 Å². The van der Waals surface area contributed by atoms with E-state index >= 15 is 0 Å². The van der Waals surface area contributed by atoms with Gasteiger partial charge in [-0.1, -0.05) is 0 Å². The highest BCUT2D eigenvalue weighted by Crippen LogP contribution is 2.19. The van der Waals surface area contributed by atoms with Gasteiger partial charge in [-0.05, 0) is 6.08 Å². The summed E-state index contributed by atoms with van der Waals surface area (Å²) in [5.74, 6) is -0.479. The Kier molecular flexibility index (Phi) is 2.83. The first-order valence-corrected chi connectivity index (χ1v) is 3.78. The number of carbonyl (C=O) groups excluding carboxylic acids is 1. The van der Waals surface area contributed by atoms with Crippen LogP contribution < -0.4 is 0 Å². The summed E-state index contributed by atoms with van der Waals surface area (Å²) in [6.07, 6.45) is 0.616. The first-order chi connectivity index (χ1) is 5.63. The summed E-state index contributed by atoms with van der Waals surface area (Å²) in [4.78, 5) is 10.9. The number of esters is 1. The highest BCUT2D eigenvalue weighted by Gasteiger charge is 2.23. The molecule has 0 saturated heterocycles. The van der Waals surface area contributed by atoms with Crippen LogP contribution in [0.1, 0.15) is 12.8 Å². The fraction of sp³-hybridized carbons (Fsp3) is 0.625. The molecule has 0 unspecified atom stereocenters. The van der Waals surface area contributed by atoms with Crippen molar-refractivity contribution in [2.75, 3.05) is 7.11 Å². The Labute approximate surface area is 70.5 Å². The zero-order valence-electron chi connectivity index (χ0n) is 6.86. The van der Waals surface area contributed by atoms with E-state index in [1.165, 1.54) is 13.2 Å². The number of methoxy groups -OCH3 is 1. The van der Waals surface area contributed by atoms with Gasteiger partial charge in [0.15, 0.2) is 0 Å². The minimum absolute atomic E-state index is 0.268. The van der Waals surface area contributed by atoms with Crippen molar-refractivity contribution in [3.63, 3.8) is 0 Å². The predicted octanol–water partition coefficient (Wildman–Crippen LogP) is -0.399. The quantitative estimate of drug-likeness (QED) is 0.528. The van der Waals surface area contributed by atoms with Crippen molar-refractivity contribution in [2.45, 2.75) is 25.0 Å². The zero-order valence-corrected chi connectivity index (χ0v) is 6.86. The smallest absolute Gasteiger partial charge is 0.333 e. The molecule has 2 atom stereocenters. The molecule has 0 radical (unpaired) electrons. The molecule has 0 heterocycles. The normalized spacial score (nSPS) is 29.4. The van der Waals surface area contributed by atoms with Crippen LogP contribution in [0.5, 0.6) is 0 Å². The van der Waals surface area contributed by atoms with Crippen LogP contribution in [0.3, 0.4) is 0 Å². The fourth-order valence-electron chi connectivity index (χ4n) is 1.27. The van der Waals surface area contributed by atoms with Gasteiger partial charge in [-0.25, -0.2) is 4.79 Å². The molecular weight excluding hydrogens is 160 g/mol. The van der Waals surface area contributed by atoms with Crippen LogP contribution in [-0.4, -0.2) is 35.5 Å². The molecular formula is C8H12O4. The Morgan fingerprint density at radius 2 is 2.33 bits per heavy atom. The Morgan fingerprint density at radius 1 is 1.67 bits per heavy atom. The molecule has 1 aliphatic rings. The lowest BCUT2D eigenvalue weighted by Gasteiger charge is -2.20. The van der Waals surface area contributed by atoms with E-state index in [9.17, 15) is 9.90 Å². The predicted molar refractivity (Wildman–Crippen MR) is 41.3 cm³/mol. The van der Waals surface area contributed by atoms with Crippen molar-refractivity contribution in [3.8, 4) is 0 Å². The number of hydrogen-bond acceptors (Lipinski definition) is 4. The number of aliphatic hydroxyl groups excluding tert-OH is 2. The molecule has 0 aliphatic heterocycles. The van der Waals surface area contributed by atoms with Crippen LogP contribution in [0.15, 0.2) is 11.6 Å². The van der Waals surface area contributed by atoms with Gasteiger partial charge >= 0.3 is 5.97 Å². The molecule has 68 valence electrons. The van der Waals surface area contributed by atoms with Gasteiger partial charge in [0.2, 0.25) is 0 Å². The summed E-state index contributed by atoms with van der Waals surface area (Å²) < 4.78 is 4.46. The van der Waals surface area contributed by atoms with E-state index in [1.54, 1.807) is 0 Å². The molecule has 1 rings (SSSR count). The number of carbonyl (C=O) groups is 1. The maximum absolute atomic E-state index is 10.9. The number of rotatable bonds is 1. The monoisotopic (exact) mass is 172 g/mol. The third-order valence-electron chi connectivity index (χ3n) is 1.81. The number of aliphatic hydroxyl groups is 2. The highest BCUT2D eigenvalue weighted by atomic mass is 16.5. The second-order valence-corrected chi connectivity index (χ2v) is 2.84. The van der Waals surface area contributed by atoms with Crippen molar-refractivity contribution >= 4 is 5.97 Å². The molecule has 12 heavy (non-hydrogen) atoms. The minimum Gasteiger partial charge on any atom is -0.466 e. The molecule has 0 aromatic heterocycles. The lowest BCUT2D eigenvalue weighted by molar-refractivity contribution is -0.136. The van der Waals surface area contributed by atoms with E-state index in [-0.39, 0.29) is 6.42 Å². The first-order valence-electron chi connectivity index (χ1n) is 3.78. The molecule has 0 amide bonds. The maximum atomic E-state index is 10.9. The van der Waals surface area contributed by atoms with Gasteiger partial charge in [-0.2, -0.15) is 0 Å². The van der Waals surface area contributed by atoms with Crippen LogP contribution in [0, 0.1) is 0 Å². The maximum Gasteiger partial charge on any atom is 0.333 e. The van der Waals surface area contributed by atoms with Gasteiger partial charge in [-0.15, -0.1) is 0 Å². The van der Waals surface area contributed by atoms with E-state index in [4.69, 9.17) is 5.11 Å². The summed E-state index contributed by atoms with van der Waals surface area (Å²) in [6.45, 7) is 0. The molecule has 0 aromatic carbocycles. The van der Waals surface area contributed by atoms with Crippen LogP contribution >= 0.6 is 0 Å². The second-order valence-electron chi connectivity index (χ2n) is 2.84. The molecule has 4 nitrogen and oxygen atoms in total. The molecule has 0 aromatic rings. The van der Waals surface area contributed by atoms with Gasteiger partial charge in [0.1, 0.15) is 0 Å². The molecule has 0 saturated carbocycles. The third kappa shape index (κ3) is 2.06. The zero-order chi connectivity index (χ0) is 9.14. The van der Waals surface area contributed by atoms with Crippen molar-refractivity contribution in [3.05, 3.63) is 11.6 Å². The largest absolute Gasteiger partial charge is 0.466 e. The average molecular weight is 172 g/mol. The van der Waals surface area contributed by atoms with Gasteiger partial charge in [0.25, 0.3) is 0 Å². The van der Waals surface area contributed by atoms with Gasteiger partial charge < -0.3 is 14.9 Å². The average Bonchev–Trinajstić information content (AvgIpc) is 2.01. The first kappa shape index (κ1) is 9.22. The molecule has 0 spiro atoms. The van der Waals surface area contributed by atoms with Crippen LogP contribution in [0.4, 0.5) is 0 Å². The Hall–Kier alpha value is -0.870. The molecule has 2 N–H and O–H groups in total. The summed E-state index contributed by atoms with van der Waals surface area (Å²) >= 11 is 0. The second kappa shape index (κ2) is 3.69. The van der Waals surface area contributed by atoms with Crippen LogP contribution in [-0.2, 0) is 9.53 Å². The fourth-order valence-corrected chi connectivity index (χ4v) is 1.27. The van der Waals surface area contributed by atoms with E-state index < -0.39 is 18.2 Å². The Bertz CT molecular complexity index is 209. The SMILES string of the molecule is COC(=O)C1=C[C@@H](O)C[C@H](O)C1. The van der Waals surface area contributed by atoms with Crippen molar-refractivity contribution in [1.82, 2.24) is 0 Å². The standard InChI is InChI=1S/C8H12O4/c1-12-8(11)5-2-6(9)4-7(10)3-5/h2,6-7,9-10H,3-4H2,1H3/t6-,7-/m1/s1. The summed E-state index contributed by atoms with van der Waals surface area (Å²) in [7, 11) is 1.27. The van der Waals surface area contributed by atoms with Gasteiger partial charge in [0.05, 0.1) is 19.3 Å². The van der Waals surface area contributed by atoms with Crippen LogP contribution in [0.2, 0.25) is 0 Å². The Morgan fingerprint density at radius 3 is 2.83 bits per heavy atom. The van der Waals surface area contributed by atoms with Crippen molar-refractivity contribution < 1.29 is 19.7 Å². The van der Waals surface area contributed by atoms with Gasteiger partial charge in [0, 0.05) is 18.4 Å². The lowest BCUT2D eigenvalue weighted by atomic mass is 9.95. The molecule has 0 bridgehead atoms. The van der Waals surface area contributed by atoms with Crippen LogP contribution in [0.25, 0.3) is 0 Å². The third-order valence-corrected chi connectivity index (χ3v) is 1.81. The van der Waals surface area contributed by atoms with Crippen molar-refractivity contribution in [1.29, 1.82) is 0 Å². The highest BCUT2D eigenvalue weighted by molar-refractivity contribution is 5.88. The van der Waals surface area contributed by atoms with Gasteiger partial charge in [-0.3, -0.25) is 0 Å². The number of hydrogen-bond donors (Lipinski definition) is 2. The summed E-state index contributed by atoms with van der Waals surface area (Å²) in [5, 5.41) is 18.3.